The van der Waals surface area contributed by atoms with Gasteiger partial charge in [-0.1, -0.05) is 30.0 Å². The van der Waals surface area contributed by atoms with Crippen LogP contribution in [0.25, 0.3) is 0 Å². The number of ether oxygens (including phenoxy) is 2. The standard InChI is InChI=1S/C15H14O2/c1-2-16-15-12-11-14(17-15)10-6-9-13-7-4-3-5-8-13/h3-5,7-8,10-12,15H,2H2,1H3/b14-10-/t15-/m0/s1. The summed E-state index contributed by atoms with van der Waals surface area (Å²) in [4.78, 5) is 0. The molecule has 2 nitrogen and oxygen atoms in total. The second kappa shape index (κ2) is 5.93. The van der Waals surface area contributed by atoms with Gasteiger partial charge < -0.3 is 9.47 Å². The summed E-state index contributed by atoms with van der Waals surface area (Å²) in [6.07, 6.45) is 5.24. The zero-order valence-electron chi connectivity index (χ0n) is 9.72. The van der Waals surface area contributed by atoms with Crippen molar-refractivity contribution in [3.05, 3.63) is 59.9 Å². The Hall–Kier alpha value is -1.98. The molecule has 1 aliphatic rings. The van der Waals surface area contributed by atoms with Crippen LogP contribution in [-0.2, 0) is 9.47 Å². The molecule has 2 rings (SSSR count). The second-order valence-electron chi connectivity index (χ2n) is 3.48. The van der Waals surface area contributed by atoms with E-state index in [1.165, 1.54) is 0 Å². The topological polar surface area (TPSA) is 18.5 Å². The van der Waals surface area contributed by atoms with Gasteiger partial charge in [-0.05, 0) is 31.2 Å². The summed E-state index contributed by atoms with van der Waals surface area (Å²) in [7, 11) is 0. The van der Waals surface area contributed by atoms with Crippen LogP contribution in [-0.4, -0.2) is 12.9 Å². The Labute approximate surface area is 102 Å². The highest BCUT2D eigenvalue weighted by atomic mass is 16.7. The molecule has 0 bridgehead atoms. The highest BCUT2D eigenvalue weighted by molar-refractivity contribution is 5.38. The van der Waals surface area contributed by atoms with E-state index < -0.39 is 0 Å². The SMILES string of the molecule is CCO[C@@H]1C=C/C(=C/C#Cc2ccccc2)O1. The highest BCUT2D eigenvalue weighted by Crippen LogP contribution is 2.15. The maximum absolute atomic E-state index is 5.47. The summed E-state index contributed by atoms with van der Waals surface area (Å²) >= 11 is 0. The van der Waals surface area contributed by atoms with Crippen molar-refractivity contribution in [3.63, 3.8) is 0 Å². The van der Waals surface area contributed by atoms with E-state index in [9.17, 15) is 0 Å². The van der Waals surface area contributed by atoms with E-state index in [4.69, 9.17) is 9.47 Å². The molecule has 0 aromatic heterocycles. The molecule has 1 aromatic carbocycles. The summed E-state index contributed by atoms with van der Waals surface area (Å²) in [6, 6.07) is 9.85. The largest absolute Gasteiger partial charge is 0.461 e. The van der Waals surface area contributed by atoms with Gasteiger partial charge in [-0.15, -0.1) is 0 Å². The Morgan fingerprint density at radius 2 is 2.18 bits per heavy atom. The molecule has 86 valence electrons. The molecular formula is C15H14O2. The van der Waals surface area contributed by atoms with Crippen molar-refractivity contribution in [2.75, 3.05) is 6.61 Å². The Kier molecular flexibility index (Phi) is 4.01. The van der Waals surface area contributed by atoms with Crippen LogP contribution >= 0.6 is 0 Å². The van der Waals surface area contributed by atoms with Gasteiger partial charge in [0.2, 0.25) is 6.29 Å². The lowest BCUT2D eigenvalue weighted by Gasteiger charge is -2.08. The van der Waals surface area contributed by atoms with Gasteiger partial charge in [0, 0.05) is 18.2 Å². The first kappa shape index (κ1) is 11.5. The van der Waals surface area contributed by atoms with E-state index in [1.807, 2.05) is 49.4 Å². The van der Waals surface area contributed by atoms with Crippen molar-refractivity contribution in [3.8, 4) is 11.8 Å². The zero-order valence-corrected chi connectivity index (χ0v) is 9.72. The fourth-order valence-electron chi connectivity index (χ4n) is 1.43. The molecule has 0 aliphatic carbocycles. The smallest absolute Gasteiger partial charge is 0.220 e. The summed E-state index contributed by atoms with van der Waals surface area (Å²) < 4.78 is 10.8. The highest BCUT2D eigenvalue weighted by Gasteiger charge is 2.12. The third-order valence-electron chi connectivity index (χ3n) is 2.21. The van der Waals surface area contributed by atoms with Gasteiger partial charge in [-0.3, -0.25) is 0 Å². The maximum atomic E-state index is 5.47. The van der Waals surface area contributed by atoms with Crippen LogP contribution in [0.5, 0.6) is 0 Å². The Balaban J connectivity index is 1.95. The normalized spacial score (nSPS) is 19.8. The average Bonchev–Trinajstić information content (AvgIpc) is 2.79. The van der Waals surface area contributed by atoms with E-state index in [-0.39, 0.29) is 6.29 Å². The van der Waals surface area contributed by atoms with Crippen LogP contribution in [0, 0.1) is 11.8 Å². The molecule has 0 saturated carbocycles. The number of benzene rings is 1. The van der Waals surface area contributed by atoms with E-state index >= 15 is 0 Å². The Morgan fingerprint density at radius 1 is 1.35 bits per heavy atom. The molecule has 0 saturated heterocycles. The van der Waals surface area contributed by atoms with Crippen molar-refractivity contribution in [1.29, 1.82) is 0 Å². The molecule has 0 fully saturated rings. The first-order chi connectivity index (χ1) is 8.38. The molecule has 0 amide bonds. The van der Waals surface area contributed by atoms with Gasteiger partial charge >= 0.3 is 0 Å². The summed E-state index contributed by atoms with van der Waals surface area (Å²) in [5, 5.41) is 0. The van der Waals surface area contributed by atoms with E-state index in [0.717, 1.165) is 11.3 Å². The first-order valence-corrected chi connectivity index (χ1v) is 5.61. The number of hydrogen-bond donors (Lipinski definition) is 0. The molecule has 0 spiro atoms. The van der Waals surface area contributed by atoms with Gasteiger partial charge in [0.25, 0.3) is 0 Å². The molecule has 1 heterocycles. The van der Waals surface area contributed by atoms with Crippen molar-refractivity contribution in [2.24, 2.45) is 0 Å². The zero-order chi connectivity index (χ0) is 11.9. The molecule has 0 N–H and O–H groups in total. The monoisotopic (exact) mass is 226 g/mol. The summed E-state index contributed by atoms with van der Waals surface area (Å²) in [5.41, 5.74) is 0.993. The average molecular weight is 226 g/mol. The molecule has 17 heavy (non-hydrogen) atoms. The van der Waals surface area contributed by atoms with Crippen molar-refractivity contribution in [2.45, 2.75) is 13.2 Å². The Morgan fingerprint density at radius 3 is 2.94 bits per heavy atom. The van der Waals surface area contributed by atoms with E-state index in [1.54, 1.807) is 6.08 Å². The minimum atomic E-state index is -0.259. The maximum Gasteiger partial charge on any atom is 0.220 e. The summed E-state index contributed by atoms with van der Waals surface area (Å²) in [5.74, 6) is 6.74. The van der Waals surface area contributed by atoms with Gasteiger partial charge in [0.1, 0.15) is 5.76 Å². The van der Waals surface area contributed by atoms with Crippen molar-refractivity contribution in [1.82, 2.24) is 0 Å². The predicted octanol–water partition coefficient (Wildman–Crippen LogP) is 2.87. The molecular weight excluding hydrogens is 212 g/mol. The van der Waals surface area contributed by atoms with Crippen LogP contribution in [0.15, 0.2) is 54.3 Å². The lowest BCUT2D eigenvalue weighted by molar-refractivity contribution is -0.0660. The lowest BCUT2D eigenvalue weighted by atomic mass is 10.2. The van der Waals surface area contributed by atoms with Crippen LogP contribution in [0.4, 0.5) is 0 Å². The quantitative estimate of drug-likeness (QED) is 0.722. The number of rotatable bonds is 2. The van der Waals surface area contributed by atoms with Crippen LogP contribution in [0.2, 0.25) is 0 Å². The third kappa shape index (κ3) is 3.51. The van der Waals surface area contributed by atoms with Gasteiger partial charge in [-0.2, -0.15) is 0 Å². The van der Waals surface area contributed by atoms with E-state index in [0.29, 0.717) is 6.61 Å². The van der Waals surface area contributed by atoms with Crippen molar-refractivity contribution < 1.29 is 9.47 Å². The number of hydrogen-bond acceptors (Lipinski definition) is 2. The number of allylic oxidation sites excluding steroid dienone is 2. The molecule has 2 heteroatoms. The fourth-order valence-corrected chi connectivity index (χ4v) is 1.43. The molecule has 0 radical (unpaired) electrons. The van der Waals surface area contributed by atoms with Crippen LogP contribution < -0.4 is 0 Å². The Bertz CT molecular complexity index is 475. The summed E-state index contributed by atoms with van der Waals surface area (Å²) in [6.45, 7) is 2.58. The van der Waals surface area contributed by atoms with E-state index in [2.05, 4.69) is 11.8 Å². The van der Waals surface area contributed by atoms with Gasteiger partial charge in [0.05, 0.1) is 0 Å². The van der Waals surface area contributed by atoms with Crippen LogP contribution in [0.3, 0.4) is 0 Å². The minimum Gasteiger partial charge on any atom is -0.461 e. The van der Waals surface area contributed by atoms with Crippen molar-refractivity contribution >= 4 is 0 Å². The molecule has 0 unspecified atom stereocenters. The predicted molar refractivity (Wildman–Crippen MR) is 67.0 cm³/mol. The minimum absolute atomic E-state index is 0.259. The van der Waals surface area contributed by atoms with Crippen LogP contribution in [0.1, 0.15) is 12.5 Å². The third-order valence-corrected chi connectivity index (χ3v) is 2.21. The fraction of sp³-hybridized carbons (Fsp3) is 0.200. The molecule has 1 atom stereocenters. The molecule has 1 aliphatic heterocycles. The molecule has 1 aromatic rings. The van der Waals surface area contributed by atoms with Gasteiger partial charge in [-0.25, -0.2) is 0 Å². The first-order valence-electron chi connectivity index (χ1n) is 5.61. The lowest BCUT2D eigenvalue weighted by Crippen LogP contribution is -2.08. The van der Waals surface area contributed by atoms with Gasteiger partial charge in [0.15, 0.2) is 0 Å². The second-order valence-corrected chi connectivity index (χ2v) is 3.48.